The molecule has 6 nitrogen and oxygen atoms in total. The number of nitrogens with zero attached hydrogens (tertiary/aromatic N) is 1. The fraction of sp³-hybridized carbons (Fsp3) is 0.579. The summed E-state index contributed by atoms with van der Waals surface area (Å²) in [5, 5.41) is 18.2. The molecule has 6 rings (SSSR count). The number of anilines is 1. The van der Waals surface area contributed by atoms with Crippen LogP contribution < -0.4 is 10.6 Å². The summed E-state index contributed by atoms with van der Waals surface area (Å²) in [4.78, 5) is 19.9. The number of hydrogen-bond acceptors (Lipinski definition) is 4. The molecule has 2 aromatic rings. The van der Waals surface area contributed by atoms with Crippen LogP contribution in [0.15, 0.2) is 18.5 Å². The second kappa shape index (κ2) is 5.21. The maximum atomic E-state index is 12.4. The molecule has 2 unspecified atom stereocenters. The van der Waals surface area contributed by atoms with Gasteiger partial charge in [-0.15, -0.1) is 0 Å². The van der Waals surface area contributed by atoms with Gasteiger partial charge in [-0.1, -0.05) is 0 Å². The van der Waals surface area contributed by atoms with E-state index in [0.29, 0.717) is 29.4 Å². The summed E-state index contributed by atoms with van der Waals surface area (Å²) >= 11 is 0. The van der Waals surface area contributed by atoms with Gasteiger partial charge < -0.3 is 20.7 Å². The molecule has 2 aromatic heterocycles. The minimum absolute atomic E-state index is 0.124. The van der Waals surface area contributed by atoms with Gasteiger partial charge in [0.25, 0.3) is 5.91 Å². The summed E-state index contributed by atoms with van der Waals surface area (Å²) in [5.74, 6) is 1.51. The topological polar surface area (TPSA) is 90.0 Å². The lowest BCUT2D eigenvalue weighted by Crippen LogP contribution is -2.59. The molecule has 0 radical (unpaired) electrons. The van der Waals surface area contributed by atoms with E-state index in [1.165, 1.54) is 12.8 Å². The quantitative estimate of drug-likeness (QED) is 0.690. The van der Waals surface area contributed by atoms with Gasteiger partial charge in [-0.05, 0) is 55.9 Å². The van der Waals surface area contributed by atoms with Crippen LogP contribution in [0.3, 0.4) is 0 Å². The predicted octanol–water partition coefficient (Wildman–Crippen LogP) is 2.27. The van der Waals surface area contributed by atoms with Gasteiger partial charge in [0.05, 0.1) is 16.9 Å². The van der Waals surface area contributed by atoms with Crippen molar-refractivity contribution in [2.75, 3.05) is 12.4 Å². The van der Waals surface area contributed by atoms with E-state index in [1.807, 2.05) is 12.3 Å². The summed E-state index contributed by atoms with van der Waals surface area (Å²) in [5.41, 5.74) is 1.80. The summed E-state index contributed by atoms with van der Waals surface area (Å²) < 4.78 is 0. The Labute approximate surface area is 146 Å². The average molecular weight is 340 g/mol. The van der Waals surface area contributed by atoms with Crippen molar-refractivity contribution in [3.05, 3.63) is 24.0 Å². The summed E-state index contributed by atoms with van der Waals surface area (Å²) in [6, 6.07) is 2.29. The highest BCUT2D eigenvalue weighted by Crippen LogP contribution is 2.56. The number of aromatic nitrogens is 2. The van der Waals surface area contributed by atoms with Crippen LogP contribution in [0.5, 0.6) is 0 Å². The summed E-state index contributed by atoms with van der Waals surface area (Å²) in [7, 11) is 1.64. The van der Waals surface area contributed by atoms with Gasteiger partial charge in [-0.25, -0.2) is 4.98 Å². The highest BCUT2D eigenvalue weighted by atomic mass is 16.3. The van der Waals surface area contributed by atoms with Gasteiger partial charge in [-0.3, -0.25) is 4.79 Å². The number of amides is 1. The lowest BCUT2D eigenvalue weighted by Gasteiger charge is -2.58. The van der Waals surface area contributed by atoms with Crippen molar-refractivity contribution in [3.63, 3.8) is 0 Å². The van der Waals surface area contributed by atoms with Crippen molar-refractivity contribution in [1.82, 2.24) is 15.3 Å². The molecule has 25 heavy (non-hydrogen) atoms. The first-order valence-corrected chi connectivity index (χ1v) is 9.23. The Morgan fingerprint density at radius 2 is 2.08 bits per heavy atom. The van der Waals surface area contributed by atoms with Crippen molar-refractivity contribution >= 4 is 22.6 Å². The SMILES string of the molecule is CNC(=O)c1cnc2[nH]ccc2c1N[C@H]1C2CC3C[C@H]1C[C@@](O)(C3)C2. The van der Waals surface area contributed by atoms with Crippen molar-refractivity contribution in [2.45, 2.75) is 43.7 Å². The van der Waals surface area contributed by atoms with Crippen molar-refractivity contribution < 1.29 is 9.90 Å². The number of aliphatic hydroxyl groups is 1. The molecule has 0 aliphatic heterocycles. The number of carbonyl (C=O) groups is 1. The molecular formula is C19H24N4O2. The number of pyridine rings is 1. The Hall–Kier alpha value is -2.08. The van der Waals surface area contributed by atoms with E-state index < -0.39 is 5.60 Å². The minimum atomic E-state index is -0.444. The Kier molecular flexibility index (Phi) is 3.17. The first-order valence-electron chi connectivity index (χ1n) is 9.23. The standard InChI is InChI=1S/C19H24N4O2/c1-20-18(24)14-9-22-17-13(2-3-21-17)16(14)23-15-11-4-10-5-12(15)8-19(25,6-10)7-11/h2-3,9-12,15,25H,4-8H2,1H3,(H,20,24)(H2,21,22,23)/t10?,11-,12?,15+,19-/m0/s1. The highest BCUT2D eigenvalue weighted by molar-refractivity contribution is 6.06. The van der Waals surface area contributed by atoms with Crippen molar-refractivity contribution in [1.29, 1.82) is 0 Å². The van der Waals surface area contributed by atoms with Crippen LogP contribution in [0, 0.1) is 17.8 Å². The summed E-state index contributed by atoms with van der Waals surface area (Å²) in [6.07, 6.45) is 8.62. The molecular weight excluding hydrogens is 316 g/mol. The summed E-state index contributed by atoms with van der Waals surface area (Å²) in [6.45, 7) is 0. The molecule has 4 bridgehead atoms. The van der Waals surface area contributed by atoms with E-state index in [2.05, 4.69) is 20.6 Å². The Balaban J connectivity index is 1.54. The molecule has 4 saturated carbocycles. The van der Waals surface area contributed by atoms with Crippen LogP contribution in [-0.4, -0.2) is 39.7 Å². The monoisotopic (exact) mass is 340 g/mol. The highest BCUT2D eigenvalue weighted by Gasteiger charge is 2.54. The zero-order valence-electron chi connectivity index (χ0n) is 14.4. The number of H-pyrrole nitrogens is 1. The van der Waals surface area contributed by atoms with Gasteiger partial charge in [-0.2, -0.15) is 0 Å². The molecule has 6 heteroatoms. The van der Waals surface area contributed by atoms with Gasteiger partial charge in [0.2, 0.25) is 0 Å². The van der Waals surface area contributed by atoms with Gasteiger partial charge in [0, 0.05) is 30.9 Å². The molecule has 132 valence electrons. The molecule has 4 fully saturated rings. The molecule has 5 atom stereocenters. The van der Waals surface area contributed by atoms with Crippen LogP contribution in [0.4, 0.5) is 5.69 Å². The van der Waals surface area contributed by atoms with Crippen molar-refractivity contribution in [2.24, 2.45) is 17.8 Å². The first kappa shape index (κ1) is 15.2. The maximum Gasteiger partial charge on any atom is 0.254 e. The number of nitrogens with one attached hydrogen (secondary N) is 3. The Bertz CT molecular complexity index is 829. The molecule has 4 aliphatic carbocycles. The van der Waals surface area contributed by atoms with E-state index in [1.54, 1.807) is 13.2 Å². The maximum absolute atomic E-state index is 12.4. The van der Waals surface area contributed by atoms with E-state index in [9.17, 15) is 9.90 Å². The van der Waals surface area contributed by atoms with Crippen LogP contribution in [-0.2, 0) is 0 Å². The number of carbonyl (C=O) groups excluding carboxylic acids is 1. The van der Waals surface area contributed by atoms with Crippen LogP contribution in [0.25, 0.3) is 11.0 Å². The second-order valence-corrected chi connectivity index (χ2v) is 8.23. The van der Waals surface area contributed by atoms with Gasteiger partial charge in [0.1, 0.15) is 5.65 Å². The average Bonchev–Trinajstić information content (AvgIpc) is 3.04. The lowest BCUT2D eigenvalue weighted by atomic mass is 9.52. The predicted molar refractivity (Wildman–Crippen MR) is 95.4 cm³/mol. The second-order valence-electron chi connectivity index (χ2n) is 8.23. The van der Waals surface area contributed by atoms with E-state index in [0.717, 1.165) is 36.0 Å². The van der Waals surface area contributed by atoms with Gasteiger partial charge in [0.15, 0.2) is 0 Å². The van der Waals surface area contributed by atoms with E-state index in [4.69, 9.17) is 0 Å². The van der Waals surface area contributed by atoms with Crippen LogP contribution in [0.1, 0.15) is 42.5 Å². The minimum Gasteiger partial charge on any atom is -0.390 e. The normalized spacial score (nSPS) is 35.9. The molecule has 2 heterocycles. The van der Waals surface area contributed by atoms with E-state index >= 15 is 0 Å². The fourth-order valence-electron chi connectivity index (χ4n) is 5.85. The number of hydrogen-bond donors (Lipinski definition) is 4. The van der Waals surface area contributed by atoms with Crippen LogP contribution in [0.2, 0.25) is 0 Å². The number of rotatable bonds is 3. The number of fused-ring (bicyclic) bond motifs is 1. The molecule has 0 saturated heterocycles. The Morgan fingerprint density at radius 1 is 1.32 bits per heavy atom. The number of aromatic amines is 1. The molecule has 1 amide bonds. The fourth-order valence-corrected chi connectivity index (χ4v) is 5.85. The first-order chi connectivity index (χ1) is 12.1. The largest absolute Gasteiger partial charge is 0.390 e. The third kappa shape index (κ3) is 2.27. The van der Waals surface area contributed by atoms with Crippen molar-refractivity contribution in [3.8, 4) is 0 Å². The smallest absolute Gasteiger partial charge is 0.254 e. The van der Waals surface area contributed by atoms with Gasteiger partial charge >= 0.3 is 0 Å². The van der Waals surface area contributed by atoms with Crippen LogP contribution >= 0.6 is 0 Å². The third-order valence-electron chi connectivity index (χ3n) is 6.61. The lowest BCUT2D eigenvalue weighted by molar-refractivity contribution is -0.129. The zero-order valence-corrected chi connectivity index (χ0v) is 14.4. The third-order valence-corrected chi connectivity index (χ3v) is 6.61. The molecule has 0 aromatic carbocycles. The van der Waals surface area contributed by atoms with E-state index in [-0.39, 0.29) is 5.91 Å². The molecule has 0 spiro atoms. The molecule has 4 aliphatic rings. The molecule has 4 N–H and O–H groups in total. The zero-order chi connectivity index (χ0) is 17.2. The Morgan fingerprint density at radius 3 is 2.76 bits per heavy atom.